The largest absolute Gasteiger partial charge is 0.493 e. The summed E-state index contributed by atoms with van der Waals surface area (Å²) < 4.78 is 10.7. The lowest BCUT2D eigenvalue weighted by molar-refractivity contribution is -0.130. The number of rotatable bonds is 5. The van der Waals surface area contributed by atoms with Crippen molar-refractivity contribution < 1.29 is 14.3 Å². The molecule has 5 nitrogen and oxygen atoms in total. The van der Waals surface area contributed by atoms with E-state index in [9.17, 15) is 4.79 Å². The van der Waals surface area contributed by atoms with E-state index in [-0.39, 0.29) is 5.91 Å². The van der Waals surface area contributed by atoms with E-state index in [1.54, 1.807) is 21.1 Å². The number of amides is 1. The second kappa shape index (κ2) is 8.49. The molecule has 1 aromatic carbocycles. The van der Waals surface area contributed by atoms with Gasteiger partial charge in [-0.05, 0) is 49.3 Å². The quantitative estimate of drug-likeness (QED) is 0.784. The summed E-state index contributed by atoms with van der Waals surface area (Å²) in [6.45, 7) is 6.54. The van der Waals surface area contributed by atoms with Gasteiger partial charge in [0.1, 0.15) is 0 Å². The van der Waals surface area contributed by atoms with Gasteiger partial charge in [0.25, 0.3) is 0 Å². The maximum absolute atomic E-state index is 11.5. The predicted molar refractivity (Wildman–Crippen MR) is 103 cm³/mol. The average molecular weight is 381 g/mol. The zero-order valence-corrected chi connectivity index (χ0v) is 16.7. The third-order valence-corrected chi connectivity index (χ3v) is 6.33. The number of ether oxygens (including phenoxy) is 2. The highest BCUT2D eigenvalue weighted by molar-refractivity contribution is 6.33. The van der Waals surface area contributed by atoms with Crippen LogP contribution in [0.3, 0.4) is 0 Å². The molecule has 2 aliphatic heterocycles. The minimum Gasteiger partial charge on any atom is -0.493 e. The van der Waals surface area contributed by atoms with Crippen molar-refractivity contribution in [2.24, 2.45) is 11.8 Å². The van der Waals surface area contributed by atoms with Gasteiger partial charge in [0, 0.05) is 33.1 Å². The average Bonchev–Trinajstić information content (AvgIpc) is 3.11. The van der Waals surface area contributed by atoms with Gasteiger partial charge in [0.05, 0.1) is 19.2 Å². The molecule has 2 saturated heterocycles. The Morgan fingerprint density at radius 2 is 1.81 bits per heavy atom. The van der Waals surface area contributed by atoms with E-state index >= 15 is 0 Å². The number of piperidine rings is 1. The fourth-order valence-corrected chi connectivity index (χ4v) is 4.66. The highest BCUT2D eigenvalue weighted by atomic mass is 35.5. The summed E-state index contributed by atoms with van der Waals surface area (Å²) in [6, 6.07) is 3.95. The molecular weight excluding hydrogens is 352 g/mol. The number of methoxy groups -OCH3 is 2. The fourth-order valence-electron chi connectivity index (χ4n) is 4.37. The van der Waals surface area contributed by atoms with Crippen molar-refractivity contribution in [3.63, 3.8) is 0 Å². The molecule has 1 aromatic rings. The van der Waals surface area contributed by atoms with Crippen molar-refractivity contribution in [1.82, 2.24) is 9.80 Å². The molecule has 144 valence electrons. The molecule has 0 radical (unpaired) electrons. The van der Waals surface area contributed by atoms with Crippen LogP contribution in [0, 0.1) is 11.8 Å². The molecule has 0 saturated carbocycles. The van der Waals surface area contributed by atoms with Gasteiger partial charge in [-0.3, -0.25) is 9.69 Å². The van der Waals surface area contributed by atoms with E-state index in [0.717, 1.165) is 63.0 Å². The van der Waals surface area contributed by atoms with Crippen LogP contribution in [0.4, 0.5) is 0 Å². The van der Waals surface area contributed by atoms with Crippen LogP contribution in [0.2, 0.25) is 5.02 Å². The number of carbonyl (C=O) groups is 1. The van der Waals surface area contributed by atoms with E-state index in [4.69, 9.17) is 21.1 Å². The highest BCUT2D eigenvalue weighted by Crippen LogP contribution is 2.39. The first-order valence-corrected chi connectivity index (χ1v) is 9.78. The minimum atomic E-state index is 0.208. The molecule has 0 aliphatic carbocycles. The van der Waals surface area contributed by atoms with Crippen LogP contribution in [0.5, 0.6) is 11.5 Å². The van der Waals surface area contributed by atoms with Crippen LogP contribution >= 0.6 is 11.6 Å². The van der Waals surface area contributed by atoms with Gasteiger partial charge < -0.3 is 14.4 Å². The molecule has 3 rings (SSSR count). The molecule has 0 aromatic heterocycles. The summed E-state index contributed by atoms with van der Waals surface area (Å²) >= 11 is 6.53. The molecule has 0 N–H and O–H groups in total. The van der Waals surface area contributed by atoms with Gasteiger partial charge in [0.15, 0.2) is 11.5 Å². The number of likely N-dealkylation sites (tertiary alicyclic amines) is 2. The van der Waals surface area contributed by atoms with Crippen molar-refractivity contribution >= 4 is 17.5 Å². The number of hydrogen-bond acceptors (Lipinski definition) is 4. The van der Waals surface area contributed by atoms with Crippen molar-refractivity contribution in [3.05, 3.63) is 22.7 Å². The molecule has 2 heterocycles. The first-order valence-electron chi connectivity index (χ1n) is 9.40. The van der Waals surface area contributed by atoms with Crippen molar-refractivity contribution in [2.45, 2.75) is 32.7 Å². The molecule has 1 amide bonds. The number of halogens is 1. The molecule has 1 atom stereocenters. The normalized spacial score (nSPS) is 21.8. The van der Waals surface area contributed by atoms with Crippen molar-refractivity contribution in [1.29, 1.82) is 0 Å². The Balaban J connectivity index is 1.58. The first-order chi connectivity index (χ1) is 12.5. The maximum Gasteiger partial charge on any atom is 0.219 e. The first kappa shape index (κ1) is 19.3. The molecule has 0 spiro atoms. The van der Waals surface area contributed by atoms with E-state index in [0.29, 0.717) is 16.5 Å². The van der Waals surface area contributed by atoms with E-state index in [1.807, 2.05) is 17.0 Å². The molecule has 2 fully saturated rings. The summed E-state index contributed by atoms with van der Waals surface area (Å²) in [7, 11) is 3.24. The van der Waals surface area contributed by atoms with Crippen LogP contribution in [-0.2, 0) is 11.3 Å². The van der Waals surface area contributed by atoms with Crippen LogP contribution in [0.1, 0.15) is 31.7 Å². The lowest BCUT2D eigenvalue weighted by atomic mass is 9.84. The second-order valence-corrected chi connectivity index (χ2v) is 7.78. The Kier molecular flexibility index (Phi) is 6.30. The van der Waals surface area contributed by atoms with Gasteiger partial charge >= 0.3 is 0 Å². The SMILES string of the molecule is COc1ccc(CN2CCC(C3CCN(C(C)=O)CC3)C2)c(Cl)c1OC. The van der Waals surface area contributed by atoms with Crippen molar-refractivity contribution in [3.8, 4) is 11.5 Å². The Hall–Kier alpha value is -1.46. The van der Waals surface area contributed by atoms with Gasteiger partial charge in [-0.1, -0.05) is 17.7 Å². The summed E-state index contributed by atoms with van der Waals surface area (Å²) in [5, 5.41) is 0.644. The monoisotopic (exact) mass is 380 g/mol. The predicted octanol–water partition coefficient (Wildman–Crippen LogP) is 3.44. The molecule has 2 aliphatic rings. The summed E-state index contributed by atoms with van der Waals surface area (Å²) in [4.78, 5) is 16.0. The lowest BCUT2D eigenvalue weighted by Gasteiger charge is -2.34. The molecule has 26 heavy (non-hydrogen) atoms. The number of hydrogen-bond donors (Lipinski definition) is 0. The van der Waals surface area contributed by atoms with Gasteiger partial charge in [-0.15, -0.1) is 0 Å². The summed E-state index contributed by atoms with van der Waals surface area (Å²) in [5.41, 5.74) is 1.08. The smallest absolute Gasteiger partial charge is 0.219 e. The standard InChI is InChI=1S/C20H29ClN2O3/c1-14(24)23-10-7-15(8-11-23)16-6-9-22(12-16)13-17-4-5-18(25-2)20(26-3)19(17)21/h4-5,15-16H,6-13H2,1-3H3. The van der Waals surface area contributed by atoms with Crippen molar-refractivity contribution in [2.75, 3.05) is 40.4 Å². The third kappa shape index (κ3) is 4.09. The van der Waals surface area contributed by atoms with E-state index < -0.39 is 0 Å². The third-order valence-electron chi connectivity index (χ3n) is 5.92. The molecule has 1 unspecified atom stereocenters. The zero-order valence-electron chi connectivity index (χ0n) is 16.0. The Bertz CT molecular complexity index is 644. The van der Waals surface area contributed by atoms with Gasteiger partial charge in [0.2, 0.25) is 5.91 Å². The van der Waals surface area contributed by atoms with E-state index in [1.165, 1.54) is 6.42 Å². The highest BCUT2D eigenvalue weighted by Gasteiger charge is 2.32. The fraction of sp³-hybridized carbons (Fsp3) is 0.650. The zero-order chi connectivity index (χ0) is 18.7. The minimum absolute atomic E-state index is 0.208. The van der Waals surface area contributed by atoms with Crippen LogP contribution in [-0.4, -0.2) is 56.1 Å². The Labute approximate surface area is 161 Å². The number of benzene rings is 1. The maximum atomic E-state index is 11.5. The molecule has 0 bridgehead atoms. The van der Waals surface area contributed by atoms with E-state index in [2.05, 4.69) is 4.90 Å². The second-order valence-electron chi connectivity index (χ2n) is 7.40. The van der Waals surface area contributed by atoms with Crippen LogP contribution in [0.25, 0.3) is 0 Å². The topological polar surface area (TPSA) is 42.0 Å². The summed E-state index contributed by atoms with van der Waals surface area (Å²) in [6.07, 6.45) is 3.50. The van der Waals surface area contributed by atoms with Gasteiger partial charge in [-0.25, -0.2) is 0 Å². The van der Waals surface area contributed by atoms with Crippen LogP contribution in [0.15, 0.2) is 12.1 Å². The lowest BCUT2D eigenvalue weighted by Crippen LogP contribution is -2.39. The number of carbonyl (C=O) groups excluding carboxylic acids is 1. The number of nitrogens with zero attached hydrogens (tertiary/aromatic N) is 2. The molecular formula is C20H29ClN2O3. The van der Waals surface area contributed by atoms with Crippen LogP contribution < -0.4 is 9.47 Å². The Morgan fingerprint density at radius 1 is 1.12 bits per heavy atom. The van der Waals surface area contributed by atoms with Gasteiger partial charge in [-0.2, -0.15) is 0 Å². The Morgan fingerprint density at radius 3 is 2.42 bits per heavy atom. The molecule has 6 heteroatoms. The summed E-state index contributed by atoms with van der Waals surface area (Å²) in [5.74, 6) is 2.94.